The number of hydrogen-bond acceptors (Lipinski definition) is 2. The molecule has 0 heterocycles. The molecule has 3 nitrogen and oxygen atoms in total. The van der Waals surface area contributed by atoms with E-state index in [1.54, 1.807) is 24.3 Å². The minimum absolute atomic E-state index is 0.215. The van der Waals surface area contributed by atoms with Crippen molar-refractivity contribution in [3.8, 4) is 5.75 Å². The van der Waals surface area contributed by atoms with Gasteiger partial charge in [-0.3, -0.25) is 4.79 Å². The lowest BCUT2D eigenvalue weighted by Gasteiger charge is -2.21. The molecule has 0 bridgehead atoms. The van der Waals surface area contributed by atoms with Gasteiger partial charge in [-0.1, -0.05) is 30.3 Å². The molecule has 1 unspecified atom stereocenters. The third-order valence-electron chi connectivity index (χ3n) is 3.75. The predicted octanol–water partition coefficient (Wildman–Crippen LogP) is 4.69. The number of halogens is 3. The standard InChI is InChI=1S/C20H22F3NO2/c1-19(2,3)26-16-9-7-13(8-10-16)11-17(18(24)25)14-5-4-6-15(12-14)20(21,22)23/h4-10,12,17H,11H2,1-3H3,(H2,24,25). The van der Waals surface area contributed by atoms with E-state index in [9.17, 15) is 18.0 Å². The van der Waals surface area contributed by atoms with Crippen molar-refractivity contribution in [2.75, 3.05) is 0 Å². The first-order chi connectivity index (χ1) is 12.0. The maximum Gasteiger partial charge on any atom is 0.416 e. The molecule has 0 saturated heterocycles. The molecule has 0 fully saturated rings. The van der Waals surface area contributed by atoms with E-state index in [1.165, 1.54) is 12.1 Å². The molecule has 2 rings (SSSR count). The molecule has 0 aliphatic carbocycles. The molecule has 2 aromatic carbocycles. The highest BCUT2D eigenvalue weighted by Crippen LogP contribution is 2.32. The second-order valence-electron chi connectivity index (χ2n) is 7.14. The Labute approximate surface area is 151 Å². The molecule has 0 aliphatic rings. The number of hydrogen-bond donors (Lipinski definition) is 1. The Bertz CT molecular complexity index is 762. The van der Waals surface area contributed by atoms with Crippen LogP contribution in [0.2, 0.25) is 0 Å². The molecular weight excluding hydrogens is 343 g/mol. The Morgan fingerprint density at radius 2 is 1.69 bits per heavy atom. The van der Waals surface area contributed by atoms with Crippen molar-refractivity contribution >= 4 is 5.91 Å². The van der Waals surface area contributed by atoms with Gasteiger partial charge in [0.1, 0.15) is 11.4 Å². The van der Waals surface area contributed by atoms with Crippen molar-refractivity contribution in [3.05, 3.63) is 65.2 Å². The molecule has 6 heteroatoms. The summed E-state index contributed by atoms with van der Waals surface area (Å²) in [5.74, 6) is -0.832. The number of ether oxygens (including phenoxy) is 1. The van der Waals surface area contributed by atoms with E-state index in [1.807, 2.05) is 20.8 Å². The van der Waals surface area contributed by atoms with E-state index in [-0.39, 0.29) is 17.6 Å². The number of primary amides is 1. The van der Waals surface area contributed by atoms with Gasteiger partial charge in [0.25, 0.3) is 0 Å². The summed E-state index contributed by atoms with van der Waals surface area (Å²) in [7, 11) is 0. The number of rotatable bonds is 5. The summed E-state index contributed by atoms with van der Waals surface area (Å²) < 4.78 is 44.5. The quantitative estimate of drug-likeness (QED) is 0.835. The topological polar surface area (TPSA) is 52.3 Å². The molecule has 2 aromatic rings. The van der Waals surface area contributed by atoms with Gasteiger partial charge >= 0.3 is 6.18 Å². The van der Waals surface area contributed by atoms with E-state index < -0.39 is 23.6 Å². The predicted molar refractivity (Wildman–Crippen MR) is 93.9 cm³/mol. The van der Waals surface area contributed by atoms with E-state index in [4.69, 9.17) is 10.5 Å². The Morgan fingerprint density at radius 3 is 2.19 bits per heavy atom. The van der Waals surface area contributed by atoms with Gasteiger partial charge < -0.3 is 10.5 Å². The second-order valence-corrected chi connectivity index (χ2v) is 7.14. The third-order valence-corrected chi connectivity index (χ3v) is 3.75. The summed E-state index contributed by atoms with van der Waals surface area (Å²) in [6.45, 7) is 5.78. The van der Waals surface area contributed by atoms with Crippen molar-refractivity contribution in [1.29, 1.82) is 0 Å². The van der Waals surface area contributed by atoms with Crippen molar-refractivity contribution in [2.45, 2.75) is 44.9 Å². The first-order valence-corrected chi connectivity index (χ1v) is 8.20. The summed E-state index contributed by atoms with van der Waals surface area (Å²) in [6.07, 6.45) is -4.25. The largest absolute Gasteiger partial charge is 0.488 e. The van der Waals surface area contributed by atoms with Crippen LogP contribution < -0.4 is 10.5 Å². The van der Waals surface area contributed by atoms with Crippen LogP contribution in [0.5, 0.6) is 5.75 Å². The van der Waals surface area contributed by atoms with Gasteiger partial charge in [-0.25, -0.2) is 0 Å². The van der Waals surface area contributed by atoms with Crippen LogP contribution in [0.15, 0.2) is 48.5 Å². The Morgan fingerprint density at radius 1 is 1.08 bits per heavy atom. The summed E-state index contributed by atoms with van der Waals surface area (Å²) >= 11 is 0. The molecule has 0 saturated carbocycles. The van der Waals surface area contributed by atoms with E-state index in [0.717, 1.165) is 17.7 Å². The van der Waals surface area contributed by atoms with Crippen LogP contribution >= 0.6 is 0 Å². The minimum Gasteiger partial charge on any atom is -0.488 e. The number of amides is 1. The van der Waals surface area contributed by atoms with Crippen molar-refractivity contribution in [3.63, 3.8) is 0 Å². The second kappa shape index (κ2) is 7.40. The van der Waals surface area contributed by atoms with Crippen LogP contribution in [-0.4, -0.2) is 11.5 Å². The van der Waals surface area contributed by atoms with Crippen LogP contribution in [0.3, 0.4) is 0 Å². The number of benzene rings is 2. The number of nitrogens with two attached hydrogens (primary N) is 1. The fraction of sp³-hybridized carbons (Fsp3) is 0.350. The lowest BCUT2D eigenvalue weighted by atomic mass is 9.90. The van der Waals surface area contributed by atoms with Gasteiger partial charge in [-0.15, -0.1) is 0 Å². The summed E-state index contributed by atoms with van der Waals surface area (Å²) in [4.78, 5) is 11.8. The Hall–Kier alpha value is -2.50. The van der Waals surface area contributed by atoms with Gasteiger partial charge in [-0.05, 0) is 56.5 Å². The van der Waals surface area contributed by atoms with Gasteiger partial charge in [0, 0.05) is 0 Å². The van der Waals surface area contributed by atoms with E-state index in [0.29, 0.717) is 5.75 Å². The molecule has 1 amide bonds. The summed E-state index contributed by atoms with van der Waals surface area (Å²) in [6, 6.07) is 11.8. The highest BCUT2D eigenvalue weighted by atomic mass is 19.4. The van der Waals surface area contributed by atoms with Crippen LogP contribution in [0.1, 0.15) is 43.4 Å². The van der Waals surface area contributed by atoms with Crippen molar-refractivity contribution in [2.24, 2.45) is 5.73 Å². The Balaban J connectivity index is 2.23. The number of carbonyl (C=O) groups excluding carboxylic acids is 1. The van der Waals surface area contributed by atoms with Crippen LogP contribution in [0, 0.1) is 0 Å². The van der Waals surface area contributed by atoms with Gasteiger partial charge in [-0.2, -0.15) is 13.2 Å². The van der Waals surface area contributed by atoms with E-state index in [2.05, 4.69) is 0 Å². The fourth-order valence-electron chi connectivity index (χ4n) is 2.60. The lowest BCUT2D eigenvalue weighted by molar-refractivity contribution is -0.137. The molecule has 0 aliphatic heterocycles. The van der Waals surface area contributed by atoms with Crippen LogP contribution in [-0.2, 0) is 17.4 Å². The zero-order chi connectivity index (χ0) is 19.5. The first-order valence-electron chi connectivity index (χ1n) is 8.20. The highest BCUT2D eigenvalue weighted by molar-refractivity contribution is 5.82. The van der Waals surface area contributed by atoms with Gasteiger partial charge in [0.15, 0.2) is 0 Å². The maximum atomic E-state index is 12.9. The van der Waals surface area contributed by atoms with Crippen molar-refractivity contribution < 1.29 is 22.7 Å². The number of carbonyl (C=O) groups is 1. The molecule has 2 N–H and O–H groups in total. The fourth-order valence-corrected chi connectivity index (χ4v) is 2.60. The molecule has 26 heavy (non-hydrogen) atoms. The molecule has 0 spiro atoms. The maximum absolute atomic E-state index is 12.9. The van der Waals surface area contributed by atoms with Crippen LogP contribution in [0.25, 0.3) is 0 Å². The Kier molecular flexibility index (Phi) is 5.64. The van der Waals surface area contributed by atoms with Gasteiger partial charge in [0.2, 0.25) is 5.91 Å². The summed E-state index contributed by atoms with van der Waals surface area (Å²) in [5.41, 5.74) is 5.35. The average Bonchev–Trinajstić information content (AvgIpc) is 2.51. The SMILES string of the molecule is CC(C)(C)Oc1ccc(CC(C(N)=O)c2cccc(C(F)(F)F)c2)cc1. The average molecular weight is 365 g/mol. The zero-order valence-electron chi connectivity index (χ0n) is 14.9. The highest BCUT2D eigenvalue weighted by Gasteiger charge is 2.31. The van der Waals surface area contributed by atoms with Gasteiger partial charge in [0.05, 0.1) is 11.5 Å². The third kappa shape index (κ3) is 5.51. The normalized spacial score (nSPS) is 13.3. The molecular formula is C20H22F3NO2. The number of alkyl halides is 3. The first kappa shape index (κ1) is 19.8. The minimum atomic E-state index is -4.47. The lowest BCUT2D eigenvalue weighted by Crippen LogP contribution is -2.24. The van der Waals surface area contributed by atoms with E-state index >= 15 is 0 Å². The zero-order valence-corrected chi connectivity index (χ0v) is 14.9. The monoisotopic (exact) mass is 365 g/mol. The van der Waals surface area contributed by atoms with Crippen LogP contribution in [0.4, 0.5) is 13.2 Å². The molecule has 140 valence electrons. The summed E-state index contributed by atoms with van der Waals surface area (Å²) in [5, 5.41) is 0. The molecule has 0 aromatic heterocycles. The molecule has 0 radical (unpaired) electrons. The smallest absolute Gasteiger partial charge is 0.416 e. The van der Waals surface area contributed by atoms with Crippen molar-refractivity contribution in [1.82, 2.24) is 0 Å². The molecule has 1 atom stereocenters.